The van der Waals surface area contributed by atoms with Crippen LogP contribution in [0.15, 0.2) is 52.5 Å². The Balaban J connectivity index is 1.55. The zero-order chi connectivity index (χ0) is 22.7. The third-order valence-corrected chi connectivity index (χ3v) is 6.94. The van der Waals surface area contributed by atoms with Crippen LogP contribution in [-0.2, 0) is 6.42 Å². The number of rotatable bonds is 6. The average Bonchev–Trinajstić information content (AvgIpc) is 3.14. The lowest BCUT2D eigenvalue weighted by Gasteiger charge is -2.14. The summed E-state index contributed by atoms with van der Waals surface area (Å²) < 4.78 is 26.0. The van der Waals surface area contributed by atoms with Gasteiger partial charge >= 0.3 is 5.97 Å². The highest BCUT2D eigenvalue weighted by Crippen LogP contribution is 2.38. The summed E-state index contributed by atoms with van der Waals surface area (Å²) in [6.07, 6.45) is 3.49. The second-order valence-electron chi connectivity index (χ2n) is 8.44. The molecular formula is C26H26BrF2NO2. The maximum atomic E-state index is 12.4. The predicted molar refractivity (Wildman–Crippen MR) is 127 cm³/mol. The largest absolute Gasteiger partial charge is 0.478 e. The van der Waals surface area contributed by atoms with Gasteiger partial charge in [0.25, 0.3) is 0 Å². The number of halogens is 3. The SMILES string of the molecule is O=C(O)c1ccc2c(c1)CCCC(Br)=C2c1ccc(C=C2CCN(CCC(F)F)C2)cc1. The predicted octanol–water partition coefficient (Wildman–Crippen LogP) is 6.62. The van der Waals surface area contributed by atoms with Crippen LogP contribution in [-0.4, -0.2) is 42.0 Å². The molecule has 32 heavy (non-hydrogen) atoms. The first-order valence-electron chi connectivity index (χ1n) is 11.0. The van der Waals surface area contributed by atoms with Gasteiger partial charge in [0.2, 0.25) is 6.43 Å². The maximum absolute atomic E-state index is 12.4. The highest BCUT2D eigenvalue weighted by Gasteiger charge is 2.20. The van der Waals surface area contributed by atoms with Gasteiger partial charge in [0.1, 0.15) is 0 Å². The molecule has 1 fully saturated rings. The van der Waals surface area contributed by atoms with Crippen molar-refractivity contribution in [1.29, 1.82) is 0 Å². The lowest BCUT2D eigenvalue weighted by Crippen LogP contribution is -2.22. The van der Waals surface area contributed by atoms with E-state index in [1.54, 1.807) is 12.1 Å². The second kappa shape index (κ2) is 10.1. The third-order valence-electron chi connectivity index (χ3n) is 6.14. The van der Waals surface area contributed by atoms with Gasteiger partial charge in [0.05, 0.1) is 5.56 Å². The van der Waals surface area contributed by atoms with Crippen molar-refractivity contribution in [2.45, 2.75) is 38.5 Å². The summed E-state index contributed by atoms with van der Waals surface area (Å²) in [6, 6.07) is 13.8. The summed E-state index contributed by atoms with van der Waals surface area (Å²) in [6.45, 7) is 2.04. The van der Waals surface area contributed by atoms with E-state index >= 15 is 0 Å². The molecule has 2 aliphatic rings. The highest BCUT2D eigenvalue weighted by molar-refractivity contribution is 9.11. The van der Waals surface area contributed by atoms with Crippen LogP contribution in [0.5, 0.6) is 0 Å². The van der Waals surface area contributed by atoms with Crippen LogP contribution >= 0.6 is 15.9 Å². The van der Waals surface area contributed by atoms with Crippen LogP contribution in [0, 0.1) is 0 Å². The normalized spacial score (nSPS) is 18.3. The molecule has 0 radical (unpaired) electrons. The average molecular weight is 502 g/mol. The second-order valence-corrected chi connectivity index (χ2v) is 9.40. The summed E-state index contributed by atoms with van der Waals surface area (Å²) >= 11 is 3.77. The van der Waals surface area contributed by atoms with Crippen LogP contribution in [0.3, 0.4) is 0 Å². The molecule has 0 spiro atoms. The molecule has 0 unspecified atom stereocenters. The van der Waals surface area contributed by atoms with E-state index in [1.807, 2.05) is 6.07 Å². The summed E-state index contributed by atoms with van der Waals surface area (Å²) in [7, 11) is 0. The van der Waals surface area contributed by atoms with Crippen molar-refractivity contribution in [1.82, 2.24) is 4.90 Å². The smallest absolute Gasteiger partial charge is 0.335 e. The van der Waals surface area contributed by atoms with E-state index in [1.165, 1.54) is 5.57 Å². The Kier molecular flexibility index (Phi) is 7.21. The van der Waals surface area contributed by atoms with Crippen LogP contribution in [0.4, 0.5) is 8.78 Å². The van der Waals surface area contributed by atoms with Gasteiger partial charge in [-0.15, -0.1) is 0 Å². The molecule has 1 aliphatic carbocycles. The Morgan fingerprint density at radius 2 is 1.91 bits per heavy atom. The van der Waals surface area contributed by atoms with Gasteiger partial charge in [-0.05, 0) is 65.6 Å². The monoisotopic (exact) mass is 501 g/mol. The molecule has 0 amide bonds. The molecule has 0 aromatic heterocycles. The first-order valence-corrected chi connectivity index (χ1v) is 11.8. The lowest BCUT2D eigenvalue weighted by molar-refractivity contribution is 0.0696. The molecule has 1 aliphatic heterocycles. The number of carbonyl (C=O) groups is 1. The quantitative estimate of drug-likeness (QED) is 0.483. The number of carboxylic acids is 1. The zero-order valence-electron chi connectivity index (χ0n) is 17.8. The number of aryl methyl sites for hydroxylation is 1. The summed E-state index contributed by atoms with van der Waals surface area (Å²) in [5.74, 6) is -0.904. The molecule has 2 aromatic carbocycles. The lowest BCUT2D eigenvalue weighted by atomic mass is 9.92. The van der Waals surface area contributed by atoms with E-state index in [9.17, 15) is 18.7 Å². The molecule has 1 saturated heterocycles. The first-order chi connectivity index (χ1) is 15.4. The Bertz CT molecular complexity index is 1060. The van der Waals surface area contributed by atoms with E-state index in [0.29, 0.717) is 12.1 Å². The molecule has 1 N–H and O–H groups in total. The van der Waals surface area contributed by atoms with Gasteiger partial charge in [-0.3, -0.25) is 4.90 Å². The zero-order valence-corrected chi connectivity index (χ0v) is 19.4. The van der Waals surface area contributed by atoms with E-state index in [0.717, 1.165) is 71.1 Å². The van der Waals surface area contributed by atoms with Crippen molar-refractivity contribution in [3.63, 3.8) is 0 Å². The number of allylic oxidation sites excluding steroid dienone is 1. The van der Waals surface area contributed by atoms with Crippen molar-refractivity contribution >= 4 is 33.5 Å². The fraction of sp³-hybridized carbons (Fsp3) is 0.346. The number of aromatic carboxylic acids is 1. The molecule has 0 bridgehead atoms. The Morgan fingerprint density at radius 3 is 2.62 bits per heavy atom. The van der Waals surface area contributed by atoms with Gasteiger partial charge in [-0.2, -0.15) is 0 Å². The minimum Gasteiger partial charge on any atom is -0.478 e. The summed E-state index contributed by atoms with van der Waals surface area (Å²) in [5, 5.41) is 9.35. The van der Waals surface area contributed by atoms with Gasteiger partial charge in [-0.25, -0.2) is 13.6 Å². The van der Waals surface area contributed by atoms with Crippen molar-refractivity contribution < 1.29 is 18.7 Å². The Labute approximate surface area is 195 Å². The minimum absolute atomic E-state index is 0.0681. The number of hydrogen-bond donors (Lipinski definition) is 1. The molecule has 2 aromatic rings. The molecule has 3 nitrogen and oxygen atoms in total. The first kappa shape index (κ1) is 22.9. The molecule has 0 atom stereocenters. The van der Waals surface area contributed by atoms with E-state index < -0.39 is 12.4 Å². The van der Waals surface area contributed by atoms with Gasteiger partial charge < -0.3 is 5.11 Å². The number of carboxylic acid groups (broad SMARTS) is 1. The number of fused-ring (bicyclic) bond motifs is 1. The molecule has 1 heterocycles. The Morgan fingerprint density at radius 1 is 1.12 bits per heavy atom. The van der Waals surface area contributed by atoms with Crippen LogP contribution in [0.2, 0.25) is 0 Å². The molecule has 6 heteroatoms. The van der Waals surface area contributed by atoms with Crippen molar-refractivity contribution in [2.75, 3.05) is 19.6 Å². The summed E-state index contributed by atoms with van der Waals surface area (Å²) in [4.78, 5) is 13.5. The van der Waals surface area contributed by atoms with Crippen molar-refractivity contribution in [2.24, 2.45) is 0 Å². The van der Waals surface area contributed by atoms with Gasteiger partial charge in [0.15, 0.2) is 0 Å². The summed E-state index contributed by atoms with van der Waals surface area (Å²) in [5.41, 5.74) is 7.05. The Hall–Kier alpha value is -2.31. The molecule has 0 saturated carbocycles. The van der Waals surface area contributed by atoms with Crippen LogP contribution < -0.4 is 0 Å². The van der Waals surface area contributed by atoms with Gasteiger partial charge in [-0.1, -0.05) is 57.9 Å². The number of nitrogens with zero attached hydrogens (tertiary/aromatic N) is 1. The van der Waals surface area contributed by atoms with Gasteiger partial charge in [0, 0.05) is 30.5 Å². The number of alkyl halides is 2. The van der Waals surface area contributed by atoms with E-state index in [4.69, 9.17) is 0 Å². The number of benzene rings is 2. The topological polar surface area (TPSA) is 40.5 Å². The standard InChI is InChI=1S/C26H26BrF2NO2/c27-23-3-1-2-20-15-21(26(31)32)8-9-22(20)25(23)19-6-4-17(5-7-19)14-18-10-12-30(16-18)13-11-24(28)29/h4-9,14-15,24H,1-3,10-13,16H2,(H,31,32). The maximum Gasteiger partial charge on any atom is 0.335 e. The fourth-order valence-corrected chi connectivity index (χ4v) is 5.24. The van der Waals surface area contributed by atoms with Crippen LogP contribution in [0.1, 0.15) is 58.3 Å². The van der Waals surface area contributed by atoms with Crippen molar-refractivity contribution in [3.05, 3.63) is 80.3 Å². The molecule has 4 rings (SSSR count). The number of likely N-dealkylation sites (tertiary alicyclic amines) is 1. The molecule has 168 valence electrons. The van der Waals surface area contributed by atoms with Crippen LogP contribution in [0.25, 0.3) is 11.6 Å². The minimum atomic E-state index is -2.24. The van der Waals surface area contributed by atoms with E-state index in [2.05, 4.69) is 51.2 Å². The van der Waals surface area contributed by atoms with Crippen molar-refractivity contribution in [3.8, 4) is 0 Å². The number of hydrogen-bond acceptors (Lipinski definition) is 2. The highest BCUT2D eigenvalue weighted by atomic mass is 79.9. The molecular weight excluding hydrogens is 476 g/mol. The third kappa shape index (κ3) is 5.36. The fourth-order valence-electron chi connectivity index (χ4n) is 4.51. The van der Waals surface area contributed by atoms with E-state index in [-0.39, 0.29) is 6.42 Å².